The van der Waals surface area contributed by atoms with Crippen molar-refractivity contribution in [3.8, 4) is 11.1 Å². The van der Waals surface area contributed by atoms with Gasteiger partial charge in [-0.05, 0) is 49.2 Å². The number of H-pyrrole nitrogens is 1. The van der Waals surface area contributed by atoms with Gasteiger partial charge < -0.3 is 9.73 Å². The van der Waals surface area contributed by atoms with Crippen LogP contribution in [0, 0.1) is 0 Å². The maximum Gasteiger partial charge on any atom is 0.206 e. The first-order chi connectivity index (χ1) is 12.9. The molecule has 0 unspecified atom stereocenters. The lowest BCUT2D eigenvalue weighted by Gasteiger charge is -2.35. The largest absolute Gasteiger partial charge is 0.440 e. The van der Waals surface area contributed by atoms with E-state index in [0.717, 1.165) is 54.0 Å². The van der Waals surface area contributed by atoms with E-state index >= 15 is 0 Å². The Hall–Kier alpha value is -2.63. The number of aromatic nitrogens is 3. The summed E-state index contributed by atoms with van der Waals surface area (Å²) in [5, 5.41) is 10.4. The molecule has 0 bridgehead atoms. The van der Waals surface area contributed by atoms with Crippen LogP contribution in [0.4, 0.5) is 0 Å². The first-order valence-corrected chi connectivity index (χ1v) is 9.02. The molecule has 3 heterocycles. The summed E-state index contributed by atoms with van der Waals surface area (Å²) in [6.07, 6.45) is 5.71. The number of nitrogens with zero attached hydrogens (tertiary/aromatic N) is 2. The van der Waals surface area contributed by atoms with Gasteiger partial charge in [0, 0.05) is 11.8 Å². The van der Waals surface area contributed by atoms with Crippen LogP contribution in [0.1, 0.15) is 24.3 Å². The average Bonchev–Trinajstić information content (AvgIpc) is 3.39. The van der Waals surface area contributed by atoms with Crippen molar-refractivity contribution in [2.45, 2.75) is 18.3 Å². The molecule has 0 amide bonds. The highest BCUT2D eigenvalue weighted by molar-refractivity contribution is 5.85. The Labute approximate surface area is 163 Å². The number of aromatic amines is 1. The second-order valence-corrected chi connectivity index (χ2v) is 6.88. The van der Waals surface area contributed by atoms with Gasteiger partial charge in [-0.15, -0.1) is 12.4 Å². The molecule has 0 spiro atoms. The number of oxazole rings is 1. The highest BCUT2D eigenvalue weighted by atomic mass is 35.5. The molecular formula is C21H21ClN4O. The highest BCUT2D eigenvalue weighted by Crippen LogP contribution is 2.41. The number of piperidine rings is 1. The van der Waals surface area contributed by atoms with Crippen molar-refractivity contribution in [2.75, 3.05) is 13.1 Å². The van der Waals surface area contributed by atoms with Gasteiger partial charge in [-0.2, -0.15) is 5.10 Å². The van der Waals surface area contributed by atoms with E-state index in [2.05, 4.69) is 39.8 Å². The Bertz CT molecular complexity index is 985. The molecule has 5 nitrogen and oxygen atoms in total. The molecule has 1 aliphatic heterocycles. The van der Waals surface area contributed by atoms with E-state index in [-0.39, 0.29) is 17.8 Å². The summed E-state index contributed by atoms with van der Waals surface area (Å²) in [6, 6.07) is 16.7. The minimum atomic E-state index is -0.181. The fourth-order valence-corrected chi connectivity index (χ4v) is 3.95. The molecule has 1 aliphatic rings. The van der Waals surface area contributed by atoms with Gasteiger partial charge in [-0.25, -0.2) is 4.98 Å². The monoisotopic (exact) mass is 380 g/mol. The van der Waals surface area contributed by atoms with Gasteiger partial charge in [0.15, 0.2) is 5.58 Å². The summed E-state index contributed by atoms with van der Waals surface area (Å²) < 4.78 is 6.21. The van der Waals surface area contributed by atoms with Gasteiger partial charge in [-0.1, -0.05) is 36.4 Å². The van der Waals surface area contributed by atoms with E-state index in [0.29, 0.717) is 0 Å². The molecule has 4 aromatic rings. The lowest BCUT2D eigenvalue weighted by atomic mass is 9.73. The summed E-state index contributed by atoms with van der Waals surface area (Å²) in [7, 11) is 0. The molecule has 2 N–H and O–H groups in total. The molecule has 2 aromatic carbocycles. The van der Waals surface area contributed by atoms with Gasteiger partial charge in [0.2, 0.25) is 5.89 Å². The highest BCUT2D eigenvalue weighted by Gasteiger charge is 2.40. The fourth-order valence-electron chi connectivity index (χ4n) is 3.95. The number of halogens is 1. The molecule has 138 valence electrons. The molecule has 2 aromatic heterocycles. The molecule has 27 heavy (non-hydrogen) atoms. The normalized spacial score (nSPS) is 16.1. The first kappa shape index (κ1) is 17.8. The van der Waals surface area contributed by atoms with E-state index in [4.69, 9.17) is 9.40 Å². The van der Waals surface area contributed by atoms with Crippen LogP contribution in [0.15, 0.2) is 65.3 Å². The molecule has 1 fully saturated rings. The van der Waals surface area contributed by atoms with Gasteiger partial charge in [0.05, 0.1) is 11.6 Å². The maximum absolute atomic E-state index is 6.21. The number of benzene rings is 2. The van der Waals surface area contributed by atoms with Crippen LogP contribution in [0.5, 0.6) is 0 Å². The van der Waals surface area contributed by atoms with Gasteiger partial charge in [0.1, 0.15) is 5.52 Å². The molecule has 1 saturated heterocycles. The summed E-state index contributed by atoms with van der Waals surface area (Å²) in [5.41, 5.74) is 5.12. The second-order valence-electron chi connectivity index (χ2n) is 6.88. The Balaban J connectivity index is 0.00000180. The van der Waals surface area contributed by atoms with Gasteiger partial charge in [-0.3, -0.25) is 5.10 Å². The second kappa shape index (κ2) is 7.18. The zero-order chi connectivity index (χ0) is 17.4. The summed E-state index contributed by atoms with van der Waals surface area (Å²) in [5.74, 6) is 0.830. The first-order valence-electron chi connectivity index (χ1n) is 9.02. The smallest absolute Gasteiger partial charge is 0.206 e. The molecule has 5 rings (SSSR count). The third-order valence-electron chi connectivity index (χ3n) is 5.43. The molecule has 0 radical (unpaired) electrons. The van der Waals surface area contributed by atoms with E-state index in [1.165, 1.54) is 5.56 Å². The van der Waals surface area contributed by atoms with Crippen LogP contribution < -0.4 is 5.32 Å². The van der Waals surface area contributed by atoms with Crippen molar-refractivity contribution < 1.29 is 4.42 Å². The van der Waals surface area contributed by atoms with Crippen molar-refractivity contribution >= 4 is 23.5 Å². The fraction of sp³-hybridized carbons (Fsp3) is 0.238. The Morgan fingerprint density at radius 2 is 1.70 bits per heavy atom. The number of hydrogen-bond acceptors (Lipinski definition) is 4. The Morgan fingerprint density at radius 3 is 2.41 bits per heavy atom. The van der Waals surface area contributed by atoms with Crippen molar-refractivity contribution in [2.24, 2.45) is 0 Å². The van der Waals surface area contributed by atoms with Crippen LogP contribution in [-0.2, 0) is 5.41 Å². The van der Waals surface area contributed by atoms with Crippen molar-refractivity contribution in [3.63, 3.8) is 0 Å². The molecule has 0 atom stereocenters. The number of para-hydroxylation sites is 2. The Kier molecular flexibility index (Phi) is 4.72. The van der Waals surface area contributed by atoms with E-state index in [1.807, 2.05) is 36.7 Å². The number of fused-ring (bicyclic) bond motifs is 1. The van der Waals surface area contributed by atoms with Crippen LogP contribution in [-0.4, -0.2) is 28.3 Å². The number of nitrogens with one attached hydrogen (secondary N) is 2. The minimum absolute atomic E-state index is 0. The predicted molar refractivity (Wildman–Crippen MR) is 108 cm³/mol. The van der Waals surface area contributed by atoms with Crippen molar-refractivity contribution in [1.29, 1.82) is 0 Å². The van der Waals surface area contributed by atoms with E-state index in [1.54, 1.807) is 0 Å². The predicted octanol–water partition coefficient (Wildman–Crippen LogP) is 4.31. The molecule has 0 saturated carbocycles. The lowest BCUT2D eigenvalue weighted by Crippen LogP contribution is -2.41. The number of rotatable bonds is 3. The summed E-state index contributed by atoms with van der Waals surface area (Å²) in [4.78, 5) is 4.85. The Morgan fingerprint density at radius 1 is 0.926 bits per heavy atom. The van der Waals surface area contributed by atoms with Crippen LogP contribution in [0.3, 0.4) is 0 Å². The zero-order valence-electron chi connectivity index (χ0n) is 14.8. The minimum Gasteiger partial charge on any atom is -0.440 e. The van der Waals surface area contributed by atoms with Crippen molar-refractivity contribution in [1.82, 2.24) is 20.5 Å². The maximum atomic E-state index is 6.21. The van der Waals surface area contributed by atoms with E-state index in [9.17, 15) is 0 Å². The topological polar surface area (TPSA) is 66.7 Å². The third-order valence-corrected chi connectivity index (χ3v) is 5.43. The van der Waals surface area contributed by atoms with Gasteiger partial charge in [0.25, 0.3) is 0 Å². The standard InChI is InChI=1S/C21H20N4O.ClH/c1-2-4-19-18(3-1)25-20(26-19)21(9-11-22-12-10-21)17-7-5-15(6-8-17)16-13-23-24-14-16;/h1-8,13-14,22H,9-12H2,(H,23,24);1H. The van der Waals surface area contributed by atoms with Gasteiger partial charge >= 0.3 is 0 Å². The zero-order valence-corrected chi connectivity index (χ0v) is 15.6. The summed E-state index contributed by atoms with van der Waals surface area (Å²) >= 11 is 0. The van der Waals surface area contributed by atoms with Crippen LogP contribution in [0.25, 0.3) is 22.2 Å². The third kappa shape index (κ3) is 3.03. The molecule has 0 aliphatic carbocycles. The number of hydrogen-bond donors (Lipinski definition) is 2. The van der Waals surface area contributed by atoms with E-state index < -0.39 is 0 Å². The van der Waals surface area contributed by atoms with Crippen LogP contribution >= 0.6 is 12.4 Å². The molecular weight excluding hydrogens is 360 g/mol. The molecule has 6 heteroatoms. The lowest BCUT2D eigenvalue weighted by molar-refractivity contribution is 0.298. The summed E-state index contributed by atoms with van der Waals surface area (Å²) in [6.45, 7) is 1.92. The average molecular weight is 381 g/mol. The SMILES string of the molecule is Cl.c1ccc2oc(C3(c4ccc(-c5cn[nH]c5)cc4)CCNCC3)nc2c1. The van der Waals surface area contributed by atoms with Crippen molar-refractivity contribution in [3.05, 3.63) is 72.4 Å². The van der Waals surface area contributed by atoms with Crippen LogP contribution in [0.2, 0.25) is 0 Å². The quantitative estimate of drug-likeness (QED) is 0.555.